The van der Waals surface area contributed by atoms with E-state index in [1.807, 2.05) is 0 Å². The number of likely N-dealkylation sites (N-methyl/N-ethyl adjacent to an activating group) is 1. The highest BCUT2D eigenvalue weighted by molar-refractivity contribution is 5.85. The highest BCUT2D eigenvalue weighted by Crippen LogP contribution is 2.48. The van der Waals surface area contributed by atoms with Crippen molar-refractivity contribution in [2.45, 2.75) is 30.9 Å². The minimum Gasteiger partial charge on any atom is -0.493 e. The summed E-state index contributed by atoms with van der Waals surface area (Å²) in [4.78, 5) is 14.1. The van der Waals surface area contributed by atoms with Crippen LogP contribution in [0.25, 0.3) is 0 Å². The minimum atomic E-state index is -0.573. The number of aliphatic hydroxyl groups excluding tert-OH is 1. The van der Waals surface area contributed by atoms with Crippen LogP contribution in [0, 0.1) is 0 Å². The molecule has 6 nitrogen and oxygen atoms in total. The molecule has 1 aromatic carbocycles. The average Bonchev–Trinajstić information content (AvgIpc) is 3.00. The lowest BCUT2D eigenvalue weighted by Gasteiger charge is -2.37. The van der Waals surface area contributed by atoms with Gasteiger partial charge in [0.2, 0.25) is 5.75 Å². The highest BCUT2D eigenvalue weighted by atomic mass is 16.5. The SMILES string of the molecule is COc1cc([C@H]2[C@H]3C(=CC[C@@H]2O)CCN3C)c(C=O)c(OC)c1OC. The van der Waals surface area contributed by atoms with Crippen LogP contribution >= 0.6 is 0 Å². The Hall–Kier alpha value is -2.05. The maximum absolute atomic E-state index is 11.9. The fraction of sp³-hybridized carbons (Fsp3) is 0.526. The lowest BCUT2D eigenvalue weighted by atomic mass is 9.76. The molecule has 0 amide bonds. The second-order valence-electron chi connectivity index (χ2n) is 6.55. The number of carbonyl (C=O) groups is 1. The summed E-state index contributed by atoms with van der Waals surface area (Å²) in [5.41, 5.74) is 2.47. The molecule has 1 aliphatic heterocycles. The lowest BCUT2D eigenvalue weighted by molar-refractivity contribution is 0.102. The second-order valence-corrected chi connectivity index (χ2v) is 6.55. The predicted octanol–water partition coefficient (Wildman–Crippen LogP) is 2.00. The van der Waals surface area contributed by atoms with Gasteiger partial charge in [-0.3, -0.25) is 9.69 Å². The number of aldehydes is 1. The third-order valence-corrected chi connectivity index (χ3v) is 5.36. The van der Waals surface area contributed by atoms with Crippen molar-refractivity contribution in [3.05, 3.63) is 28.8 Å². The Balaban J connectivity index is 2.21. The Kier molecular flexibility index (Phi) is 5.01. The quantitative estimate of drug-likeness (QED) is 0.649. The Labute approximate surface area is 148 Å². The molecule has 1 aliphatic carbocycles. The number of carbonyl (C=O) groups excluding carboxylic acids is 1. The molecule has 0 aromatic heterocycles. The smallest absolute Gasteiger partial charge is 0.204 e. The topological polar surface area (TPSA) is 68.2 Å². The normalized spacial score (nSPS) is 26.0. The van der Waals surface area contributed by atoms with Crippen molar-refractivity contribution in [3.63, 3.8) is 0 Å². The van der Waals surface area contributed by atoms with E-state index in [-0.39, 0.29) is 12.0 Å². The largest absolute Gasteiger partial charge is 0.493 e. The number of methoxy groups -OCH3 is 3. The van der Waals surface area contributed by atoms with Crippen molar-refractivity contribution < 1.29 is 24.1 Å². The van der Waals surface area contributed by atoms with Gasteiger partial charge in [-0.15, -0.1) is 0 Å². The van der Waals surface area contributed by atoms with E-state index in [0.717, 1.165) is 24.8 Å². The van der Waals surface area contributed by atoms with Gasteiger partial charge in [0.25, 0.3) is 0 Å². The summed E-state index contributed by atoms with van der Waals surface area (Å²) in [5, 5.41) is 10.8. The number of ether oxygens (including phenoxy) is 3. The summed E-state index contributed by atoms with van der Waals surface area (Å²) in [7, 11) is 6.61. The minimum absolute atomic E-state index is 0.0743. The van der Waals surface area contributed by atoms with E-state index in [1.54, 1.807) is 13.2 Å². The Morgan fingerprint density at radius 1 is 1.20 bits per heavy atom. The maximum Gasteiger partial charge on any atom is 0.204 e. The van der Waals surface area contributed by atoms with Crippen molar-refractivity contribution in [1.82, 2.24) is 4.90 Å². The van der Waals surface area contributed by atoms with Crippen molar-refractivity contribution in [2.24, 2.45) is 0 Å². The Bertz CT molecular complexity index is 700. The molecule has 0 radical (unpaired) electrons. The summed E-state index contributed by atoms with van der Waals surface area (Å²) in [6, 6.07) is 1.87. The van der Waals surface area contributed by atoms with Crippen molar-refractivity contribution >= 4 is 6.29 Å². The van der Waals surface area contributed by atoms with Crippen LogP contribution in [-0.4, -0.2) is 63.4 Å². The summed E-state index contributed by atoms with van der Waals surface area (Å²) in [6.45, 7) is 0.945. The monoisotopic (exact) mass is 347 g/mol. The number of rotatable bonds is 5. The summed E-state index contributed by atoms with van der Waals surface area (Å²) in [6.07, 6.45) is 3.91. The first-order valence-electron chi connectivity index (χ1n) is 8.42. The van der Waals surface area contributed by atoms with Crippen molar-refractivity contribution in [3.8, 4) is 17.2 Å². The molecular formula is C19H25NO5. The fourth-order valence-corrected chi connectivity index (χ4v) is 4.20. The van der Waals surface area contributed by atoms with E-state index in [4.69, 9.17) is 14.2 Å². The molecule has 2 aliphatic rings. The van der Waals surface area contributed by atoms with Gasteiger partial charge < -0.3 is 19.3 Å². The van der Waals surface area contributed by atoms with Crippen LogP contribution in [0.15, 0.2) is 17.7 Å². The van der Waals surface area contributed by atoms with E-state index >= 15 is 0 Å². The van der Waals surface area contributed by atoms with Crippen LogP contribution in [0.2, 0.25) is 0 Å². The van der Waals surface area contributed by atoms with Gasteiger partial charge in [0.1, 0.15) is 0 Å². The van der Waals surface area contributed by atoms with E-state index in [2.05, 4.69) is 18.0 Å². The zero-order valence-corrected chi connectivity index (χ0v) is 15.1. The predicted molar refractivity (Wildman–Crippen MR) is 94.0 cm³/mol. The maximum atomic E-state index is 11.9. The Morgan fingerprint density at radius 2 is 1.92 bits per heavy atom. The van der Waals surface area contributed by atoms with Gasteiger partial charge in [-0.05, 0) is 31.5 Å². The fourth-order valence-electron chi connectivity index (χ4n) is 4.20. The van der Waals surface area contributed by atoms with Crippen LogP contribution in [-0.2, 0) is 0 Å². The third-order valence-electron chi connectivity index (χ3n) is 5.36. The van der Waals surface area contributed by atoms with E-state index < -0.39 is 6.10 Å². The third kappa shape index (κ3) is 2.79. The number of nitrogens with zero attached hydrogens (tertiary/aromatic N) is 1. The number of benzene rings is 1. The standard InChI is InChI=1S/C19H25NO5/c1-20-8-7-11-5-6-14(22)16(17(11)20)12-9-15(23-2)19(25-4)18(24-3)13(12)10-21/h5,9-10,14,16-17,22H,6-8H2,1-4H3/t14-,16+,17+/m0/s1. The van der Waals surface area contributed by atoms with Gasteiger partial charge in [0.05, 0.1) is 33.0 Å². The molecule has 1 saturated heterocycles. The molecule has 6 heteroatoms. The van der Waals surface area contributed by atoms with Crippen molar-refractivity contribution in [2.75, 3.05) is 34.9 Å². The molecule has 0 spiro atoms. The molecular weight excluding hydrogens is 322 g/mol. The summed E-state index contributed by atoms with van der Waals surface area (Å²) >= 11 is 0. The first kappa shape index (κ1) is 17.8. The molecule has 1 heterocycles. The number of hydrogen-bond donors (Lipinski definition) is 1. The molecule has 136 valence electrons. The van der Waals surface area contributed by atoms with Crippen LogP contribution in [0.3, 0.4) is 0 Å². The highest BCUT2D eigenvalue weighted by Gasteiger charge is 2.42. The summed E-state index contributed by atoms with van der Waals surface area (Å²) in [5.74, 6) is 0.998. The first-order chi connectivity index (χ1) is 12.1. The molecule has 25 heavy (non-hydrogen) atoms. The van der Waals surface area contributed by atoms with Gasteiger partial charge in [0.15, 0.2) is 17.8 Å². The number of hydrogen-bond acceptors (Lipinski definition) is 6. The van der Waals surface area contributed by atoms with E-state index in [9.17, 15) is 9.90 Å². The number of fused-ring (bicyclic) bond motifs is 1. The first-order valence-corrected chi connectivity index (χ1v) is 8.42. The molecule has 0 saturated carbocycles. The second kappa shape index (κ2) is 7.06. The van der Waals surface area contributed by atoms with Gasteiger partial charge in [-0.25, -0.2) is 0 Å². The number of likely N-dealkylation sites (tertiary alicyclic amines) is 1. The molecule has 0 bridgehead atoms. The van der Waals surface area contributed by atoms with Crippen LogP contribution in [0.5, 0.6) is 17.2 Å². The van der Waals surface area contributed by atoms with Gasteiger partial charge in [-0.1, -0.05) is 11.6 Å². The molecule has 1 N–H and O–H groups in total. The van der Waals surface area contributed by atoms with Gasteiger partial charge in [-0.2, -0.15) is 0 Å². The molecule has 1 fully saturated rings. The number of aliphatic hydroxyl groups is 1. The van der Waals surface area contributed by atoms with E-state index in [0.29, 0.717) is 29.2 Å². The van der Waals surface area contributed by atoms with Crippen LogP contribution < -0.4 is 14.2 Å². The molecule has 3 atom stereocenters. The molecule has 1 aromatic rings. The van der Waals surface area contributed by atoms with Gasteiger partial charge >= 0.3 is 0 Å². The average molecular weight is 347 g/mol. The van der Waals surface area contributed by atoms with E-state index in [1.165, 1.54) is 19.8 Å². The zero-order valence-electron chi connectivity index (χ0n) is 15.1. The lowest BCUT2D eigenvalue weighted by Crippen LogP contribution is -2.41. The molecule has 0 unspecified atom stereocenters. The van der Waals surface area contributed by atoms with Crippen LogP contribution in [0.4, 0.5) is 0 Å². The van der Waals surface area contributed by atoms with Gasteiger partial charge in [0, 0.05) is 18.5 Å². The summed E-state index contributed by atoms with van der Waals surface area (Å²) < 4.78 is 16.3. The molecule has 3 rings (SSSR count). The van der Waals surface area contributed by atoms with Crippen molar-refractivity contribution in [1.29, 1.82) is 0 Å². The Morgan fingerprint density at radius 3 is 2.52 bits per heavy atom. The van der Waals surface area contributed by atoms with Crippen LogP contribution in [0.1, 0.15) is 34.7 Å². The zero-order chi connectivity index (χ0) is 18.1.